The highest BCUT2D eigenvalue weighted by atomic mass is 16.5. The minimum absolute atomic E-state index is 0.275. The largest absolute Gasteiger partial charge is 0.495 e. The second-order valence-corrected chi connectivity index (χ2v) is 7.01. The lowest BCUT2D eigenvalue weighted by Crippen LogP contribution is -3.16. The van der Waals surface area contributed by atoms with Gasteiger partial charge in [-0.15, -0.1) is 0 Å². The Labute approximate surface area is 171 Å². The van der Waals surface area contributed by atoms with Gasteiger partial charge in [0.05, 0.1) is 39.0 Å². The summed E-state index contributed by atoms with van der Waals surface area (Å²) >= 11 is 0. The van der Waals surface area contributed by atoms with E-state index < -0.39 is 12.1 Å². The van der Waals surface area contributed by atoms with Crippen molar-refractivity contribution >= 4 is 17.6 Å². The maximum atomic E-state index is 13.0. The second-order valence-electron chi connectivity index (χ2n) is 7.01. The van der Waals surface area contributed by atoms with E-state index in [1.54, 1.807) is 7.11 Å². The summed E-state index contributed by atoms with van der Waals surface area (Å²) in [4.78, 5) is 28.3. The highest BCUT2D eigenvalue weighted by Crippen LogP contribution is 2.27. The van der Waals surface area contributed by atoms with Crippen LogP contribution < -0.4 is 25.2 Å². The first-order valence-electron chi connectivity index (χ1n) is 10.00. The predicted molar refractivity (Wildman–Crippen MR) is 112 cm³/mol. The first-order chi connectivity index (χ1) is 14.1. The van der Waals surface area contributed by atoms with Crippen LogP contribution in [0.5, 0.6) is 5.75 Å². The number of nitrogens with zero attached hydrogens (tertiary/aromatic N) is 1. The van der Waals surface area contributed by atoms with Crippen molar-refractivity contribution in [2.75, 3.05) is 44.7 Å². The first-order valence-corrected chi connectivity index (χ1v) is 10.00. The molecule has 2 aromatic rings. The predicted octanol–water partition coefficient (Wildman–Crippen LogP) is 0.987. The number of nitrogens with one attached hydrogen (secondary N) is 3. The van der Waals surface area contributed by atoms with E-state index in [1.165, 1.54) is 0 Å². The van der Waals surface area contributed by atoms with Crippen LogP contribution in [0, 0.1) is 0 Å². The summed E-state index contributed by atoms with van der Waals surface area (Å²) in [5.74, 6) is 0.576. The fourth-order valence-electron chi connectivity index (χ4n) is 3.82. The van der Waals surface area contributed by atoms with Crippen molar-refractivity contribution in [3.63, 3.8) is 0 Å². The summed E-state index contributed by atoms with van der Waals surface area (Å²) < 4.78 is 5.49. The van der Waals surface area contributed by atoms with Gasteiger partial charge in [-0.25, -0.2) is 4.79 Å². The van der Waals surface area contributed by atoms with Crippen LogP contribution in [0.1, 0.15) is 18.5 Å². The molecule has 7 nitrogen and oxygen atoms in total. The van der Waals surface area contributed by atoms with Crippen molar-refractivity contribution in [2.24, 2.45) is 0 Å². The van der Waals surface area contributed by atoms with Gasteiger partial charge in [0.2, 0.25) is 0 Å². The lowest BCUT2D eigenvalue weighted by Gasteiger charge is -2.37. The molecule has 154 valence electrons. The maximum absolute atomic E-state index is 13.0. The summed E-state index contributed by atoms with van der Waals surface area (Å²) in [6, 6.07) is 16.8. The summed E-state index contributed by atoms with van der Waals surface area (Å²) in [5, 5.41) is 5.12. The molecule has 1 heterocycles. The average Bonchev–Trinajstić information content (AvgIpc) is 2.75. The molecular weight excluding hydrogens is 368 g/mol. The summed E-state index contributed by atoms with van der Waals surface area (Å²) in [6.45, 7) is 5.45. The number of urea groups is 1. The molecular formula is C22H29N4O3+. The molecule has 7 heteroatoms. The van der Waals surface area contributed by atoms with Gasteiger partial charge >= 0.3 is 6.03 Å². The number of benzene rings is 2. The van der Waals surface area contributed by atoms with Crippen molar-refractivity contribution in [1.29, 1.82) is 0 Å². The number of anilines is 1. The van der Waals surface area contributed by atoms with E-state index in [1.807, 2.05) is 55.5 Å². The first kappa shape index (κ1) is 20.7. The highest BCUT2D eigenvalue weighted by Gasteiger charge is 2.35. The zero-order valence-corrected chi connectivity index (χ0v) is 17.0. The standard InChI is InChI=1S/C22H28N4O3/c1-3-23-22(28)24-21(27)20(17-9-5-4-6-10-17)26-15-13-25(14-16-26)18-11-7-8-12-19(18)29-2/h4-12,20H,3,13-16H2,1-2H3,(H2,23,24,27,28)/p+1/t20-/m0/s1. The number of amides is 3. The number of quaternary nitrogens is 1. The summed E-state index contributed by atoms with van der Waals surface area (Å²) in [7, 11) is 1.68. The smallest absolute Gasteiger partial charge is 0.321 e. The van der Waals surface area contributed by atoms with E-state index in [0.29, 0.717) is 6.54 Å². The molecule has 3 N–H and O–H groups in total. The Kier molecular flexibility index (Phi) is 7.08. The van der Waals surface area contributed by atoms with E-state index in [2.05, 4.69) is 21.6 Å². The SMILES string of the molecule is CCNC(=O)NC(=O)[C@H](c1ccccc1)[NH+]1CCN(c2ccccc2OC)CC1. The molecule has 0 unspecified atom stereocenters. The Hall–Kier alpha value is -3.06. The molecule has 0 aliphatic carbocycles. The van der Waals surface area contributed by atoms with Gasteiger partial charge in [0.1, 0.15) is 5.75 Å². The van der Waals surface area contributed by atoms with E-state index >= 15 is 0 Å². The van der Waals surface area contributed by atoms with Gasteiger partial charge in [0.25, 0.3) is 5.91 Å². The van der Waals surface area contributed by atoms with Crippen LogP contribution in [0.2, 0.25) is 0 Å². The molecule has 1 saturated heterocycles. The van der Waals surface area contributed by atoms with Crippen LogP contribution in [0.15, 0.2) is 54.6 Å². The fraction of sp³-hybridized carbons (Fsp3) is 0.364. The number of hydrogen-bond acceptors (Lipinski definition) is 4. The van der Waals surface area contributed by atoms with Gasteiger partial charge in [0, 0.05) is 12.1 Å². The Bertz CT molecular complexity index is 820. The number of para-hydroxylation sites is 2. The molecule has 29 heavy (non-hydrogen) atoms. The van der Waals surface area contributed by atoms with E-state index in [-0.39, 0.29) is 5.91 Å². The third-order valence-electron chi connectivity index (χ3n) is 5.21. The van der Waals surface area contributed by atoms with Crippen molar-refractivity contribution < 1.29 is 19.2 Å². The topological polar surface area (TPSA) is 75.1 Å². The van der Waals surface area contributed by atoms with Crippen LogP contribution in [-0.2, 0) is 4.79 Å². The molecule has 1 atom stereocenters. The van der Waals surface area contributed by atoms with Crippen molar-refractivity contribution in [1.82, 2.24) is 10.6 Å². The Morgan fingerprint density at radius 2 is 1.72 bits per heavy atom. The number of methoxy groups -OCH3 is 1. The van der Waals surface area contributed by atoms with Crippen LogP contribution in [0.25, 0.3) is 0 Å². The van der Waals surface area contributed by atoms with Crippen LogP contribution >= 0.6 is 0 Å². The molecule has 1 aliphatic heterocycles. The fourth-order valence-corrected chi connectivity index (χ4v) is 3.82. The number of carbonyl (C=O) groups excluding carboxylic acids is 2. The van der Waals surface area contributed by atoms with E-state index in [4.69, 9.17) is 4.74 Å². The minimum Gasteiger partial charge on any atom is -0.495 e. The Morgan fingerprint density at radius 3 is 2.38 bits per heavy atom. The molecule has 0 aromatic heterocycles. The van der Waals surface area contributed by atoms with Gasteiger partial charge in [-0.1, -0.05) is 42.5 Å². The van der Waals surface area contributed by atoms with E-state index in [0.717, 1.165) is 48.1 Å². The Balaban J connectivity index is 1.74. The molecule has 3 rings (SSSR count). The van der Waals surface area contributed by atoms with Gasteiger partial charge < -0.3 is 19.9 Å². The molecule has 0 saturated carbocycles. The third-order valence-corrected chi connectivity index (χ3v) is 5.21. The lowest BCUT2D eigenvalue weighted by molar-refractivity contribution is -0.922. The zero-order valence-electron chi connectivity index (χ0n) is 17.0. The van der Waals surface area contributed by atoms with Crippen molar-refractivity contribution in [3.8, 4) is 5.75 Å². The van der Waals surface area contributed by atoms with Gasteiger partial charge in [-0.05, 0) is 19.1 Å². The number of carbonyl (C=O) groups is 2. The second kappa shape index (κ2) is 9.93. The highest BCUT2D eigenvalue weighted by molar-refractivity contribution is 5.96. The molecule has 3 amide bonds. The molecule has 0 spiro atoms. The molecule has 2 aromatic carbocycles. The van der Waals surface area contributed by atoms with Gasteiger partial charge in [-0.3, -0.25) is 10.1 Å². The molecule has 0 radical (unpaired) electrons. The number of rotatable bonds is 6. The maximum Gasteiger partial charge on any atom is 0.321 e. The molecule has 1 fully saturated rings. The number of imide groups is 1. The Morgan fingerprint density at radius 1 is 1.07 bits per heavy atom. The summed E-state index contributed by atoms with van der Waals surface area (Å²) in [5.41, 5.74) is 1.98. The van der Waals surface area contributed by atoms with Crippen LogP contribution in [0.3, 0.4) is 0 Å². The molecule has 1 aliphatic rings. The van der Waals surface area contributed by atoms with Crippen LogP contribution in [-0.4, -0.2) is 51.8 Å². The minimum atomic E-state index is -0.453. The third kappa shape index (κ3) is 5.06. The number of piperazine rings is 1. The monoisotopic (exact) mass is 397 g/mol. The summed E-state index contributed by atoms with van der Waals surface area (Å²) in [6.07, 6.45) is 0. The number of hydrogen-bond donors (Lipinski definition) is 3. The van der Waals surface area contributed by atoms with Crippen LogP contribution in [0.4, 0.5) is 10.5 Å². The van der Waals surface area contributed by atoms with Gasteiger partial charge in [-0.2, -0.15) is 0 Å². The van der Waals surface area contributed by atoms with E-state index in [9.17, 15) is 9.59 Å². The van der Waals surface area contributed by atoms with Gasteiger partial charge in [0.15, 0.2) is 6.04 Å². The lowest BCUT2D eigenvalue weighted by atomic mass is 10.0. The quantitative estimate of drug-likeness (QED) is 0.680. The normalized spacial score (nSPS) is 15.4. The zero-order chi connectivity index (χ0) is 20.6. The number of ether oxygens (including phenoxy) is 1. The van der Waals surface area contributed by atoms with Crippen molar-refractivity contribution in [2.45, 2.75) is 13.0 Å². The molecule has 0 bridgehead atoms. The average molecular weight is 397 g/mol. The van der Waals surface area contributed by atoms with Crippen molar-refractivity contribution in [3.05, 3.63) is 60.2 Å².